The lowest BCUT2D eigenvalue weighted by molar-refractivity contribution is -0.384. The number of carbonyl (C=O) groups is 1. The highest BCUT2D eigenvalue weighted by Crippen LogP contribution is 2.30. The van der Waals surface area contributed by atoms with E-state index >= 15 is 0 Å². The van der Waals surface area contributed by atoms with Crippen molar-refractivity contribution >= 4 is 28.9 Å². The van der Waals surface area contributed by atoms with Gasteiger partial charge in [-0.25, -0.2) is 0 Å². The van der Waals surface area contributed by atoms with Crippen LogP contribution in [0.4, 0.5) is 11.4 Å². The second kappa shape index (κ2) is 6.87. The third-order valence-electron chi connectivity index (χ3n) is 3.48. The van der Waals surface area contributed by atoms with Gasteiger partial charge in [-0.3, -0.25) is 14.9 Å². The molecule has 0 spiro atoms. The van der Waals surface area contributed by atoms with Gasteiger partial charge in [-0.1, -0.05) is 11.6 Å². The van der Waals surface area contributed by atoms with Crippen molar-refractivity contribution in [2.75, 3.05) is 11.9 Å². The molecular formula is C14H17ClN2O4. The summed E-state index contributed by atoms with van der Waals surface area (Å²) in [5.41, 5.74) is 0.899. The number of amides is 1. The molecule has 1 atom stereocenters. The molecule has 114 valence electrons. The van der Waals surface area contributed by atoms with Crippen molar-refractivity contribution < 1.29 is 14.5 Å². The lowest BCUT2D eigenvalue weighted by atomic mass is 10.1. The second-order valence-corrected chi connectivity index (χ2v) is 5.50. The Labute approximate surface area is 127 Å². The molecule has 1 amide bonds. The largest absolute Gasteiger partial charge is 0.378 e. The fourth-order valence-electron chi connectivity index (χ4n) is 2.31. The van der Waals surface area contributed by atoms with Crippen LogP contribution in [0, 0.1) is 17.0 Å². The highest BCUT2D eigenvalue weighted by atomic mass is 35.5. The Hall–Kier alpha value is -1.66. The van der Waals surface area contributed by atoms with Crippen molar-refractivity contribution in [1.82, 2.24) is 0 Å². The Morgan fingerprint density at radius 2 is 2.33 bits per heavy atom. The Morgan fingerprint density at radius 1 is 1.57 bits per heavy atom. The molecule has 1 aromatic rings. The quantitative estimate of drug-likeness (QED) is 0.667. The zero-order chi connectivity index (χ0) is 15.4. The predicted molar refractivity (Wildman–Crippen MR) is 79.7 cm³/mol. The van der Waals surface area contributed by atoms with Crippen LogP contribution in [0.5, 0.6) is 0 Å². The molecule has 1 aliphatic rings. The van der Waals surface area contributed by atoms with Crippen LogP contribution in [-0.2, 0) is 9.53 Å². The van der Waals surface area contributed by atoms with Gasteiger partial charge in [-0.15, -0.1) is 0 Å². The summed E-state index contributed by atoms with van der Waals surface area (Å²) in [5.74, 6) is -0.176. The molecule has 21 heavy (non-hydrogen) atoms. The zero-order valence-corrected chi connectivity index (χ0v) is 12.5. The Balaban J connectivity index is 1.99. The monoisotopic (exact) mass is 312 g/mol. The van der Waals surface area contributed by atoms with Gasteiger partial charge < -0.3 is 10.1 Å². The topological polar surface area (TPSA) is 81.5 Å². The molecule has 2 rings (SSSR count). The van der Waals surface area contributed by atoms with Crippen molar-refractivity contribution in [3.8, 4) is 0 Å². The zero-order valence-electron chi connectivity index (χ0n) is 11.7. The van der Waals surface area contributed by atoms with Gasteiger partial charge in [0.25, 0.3) is 5.69 Å². The van der Waals surface area contributed by atoms with Crippen molar-refractivity contribution in [2.24, 2.45) is 0 Å². The first-order valence-electron chi connectivity index (χ1n) is 6.83. The van der Waals surface area contributed by atoms with Crippen LogP contribution in [0.1, 0.15) is 31.2 Å². The van der Waals surface area contributed by atoms with Gasteiger partial charge in [0.15, 0.2) is 0 Å². The molecule has 0 bridgehead atoms. The van der Waals surface area contributed by atoms with E-state index in [1.54, 1.807) is 6.92 Å². The predicted octanol–water partition coefficient (Wildman–Crippen LogP) is 3.45. The number of benzene rings is 1. The van der Waals surface area contributed by atoms with E-state index in [1.165, 1.54) is 12.1 Å². The van der Waals surface area contributed by atoms with E-state index < -0.39 is 4.92 Å². The van der Waals surface area contributed by atoms with E-state index in [0.29, 0.717) is 24.1 Å². The molecule has 1 heterocycles. The van der Waals surface area contributed by atoms with Crippen LogP contribution in [0.15, 0.2) is 12.1 Å². The Bertz CT molecular complexity index is 556. The summed E-state index contributed by atoms with van der Waals surface area (Å²) in [7, 11) is 0. The molecule has 6 nitrogen and oxygen atoms in total. The number of rotatable bonds is 5. The molecule has 7 heteroatoms. The van der Waals surface area contributed by atoms with Gasteiger partial charge in [-0.05, 0) is 37.8 Å². The SMILES string of the molecule is Cc1cc(Cl)c([N+](=O)[O-])cc1NC(=O)CCC1CCCO1. The standard InChI is InChI=1S/C14H17ClN2O4/c1-9-7-11(15)13(17(19)20)8-12(9)16-14(18)5-4-10-3-2-6-21-10/h7-8,10H,2-6H2,1H3,(H,16,18). The van der Waals surface area contributed by atoms with Crippen molar-refractivity contribution in [2.45, 2.75) is 38.7 Å². The van der Waals surface area contributed by atoms with E-state index in [1.807, 2.05) is 0 Å². The highest BCUT2D eigenvalue weighted by molar-refractivity contribution is 6.32. The first-order chi connectivity index (χ1) is 9.97. The van der Waals surface area contributed by atoms with Gasteiger partial charge in [0.05, 0.1) is 16.7 Å². The van der Waals surface area contributed by atoms with Crippen LogP contribution in [-0.4, -0.2) is 23.5 Å². The van der Waals surface area contributed by atoms with Crippen molar-refractivity contribution in [1.29, 1.82) is 0 Å². The Kier molecular flexibility index (Phi) is 5.14. The number of nitrogens with one attached hydrogen (secondary N) is 1. The molecule has 1 unspecified atom stereocenters. The molecule has 0 aliphatic carbocycles. The molecule has 0 aromatic heterocycles. The number of nitrogens with zero attached hydrogens (tertiary/aromatic N) is 1. The number of carbonyl (C=O) groups excluding carboxylic acids is 1. The van der Waals surface area contributed by atoms with E-state index in [2.05, 4.69) is 5.32 Å². The molecule has 1 fully saturated rings. The molecule has 1 aliphatic heterocycles. The number of anilines is 1. The van der Waals surface area contributed by atoms with Gasteiger partial charge in [0.1, 0.15) is 5.02 Å². The van der Waals surface area contributed by atoms with Crippen LogP contribution in [0.25, 0.3) is 0 Å². The maximum atomic E-state index is 11.9. The Morgan fingerprint density at radius 3 is 2.95 bits per heavy atom. The van der Waals surface area contributed by atoms with Crippen LogP contribution in [0.2, 0.25) is 5.02 Å². The average Bonchev–Trinajstić information content (AvgIpc) is 2.92. The van der Waals surface area contributed by atoms with Gasteiger partial charge in [0.2, 0.25) is 5.91 Å². The molecule has 0 saturated carbocycles. The molecular weight excluding hydrogens is 296 g/mol. The molecule has 0 radical (unpaired) electrons. The smallest absolute Gasteiger partial charge is 0.289 e. The highest BCUT2D eigenvalue weighted by Gasteiger charge is 2.19. The van der Waals surface area contributed by atoms with Crippen LogP contribution >= 0.6 is 11.6 Å². The summed E-state index contributed by atoms with van der Waals surface area (Å²) in [6.45, 7) is 2.50. The third-order valence-corrected chi connectivity index (χ3v) is 3.78. The lowest BCUT2D eigenvalue weighted by Gasteiger charge is -2.11. The second-order valence-electron chi connectivity index (χ2n) is 5.10. The normalized spacial score (nSPS) is 17.7. The number of ether oxygens (including phenoxy) is 1. The third kappa shape index (κ3) is 4.15. The maximum Gasteiger partial charge on any atom is 0.289 e. The van der Waals surface area contributed by atoms with Gasteiger partial charge >= 0.3 is 0 Å². The van der Waals surface area contributed by atoms with Crippen molar-refractivity contribution in [3.63, 3.8) is 0 Å². The number of nitro groups is 1. The minimum atomic E-state index is -0.566. The van der Waals surface area contributed by atoms with Gasteiger partial charge in [-0.2, -0.15) is 0 Å². The van der Waals surface area contributed by atoms with E-state index in [-0.39, 0.29) is 22.7 Å². The number of nitro benzene ring substituents is 1. The molecule has 1 aromatic carbocycles. The average molecular weight is 313 g/mol. The first kappa shape index (κ1) is 15.7. The summed E-state index contributed by atoms with van der Waals surface area (Å²) < 4.78 is 5.46. The van der Waals surface area contributed by atoms with E-state index in [0.717, 1.165) is 19.4 Å². The summed E-state index contributed by atoms with van der Waals surface area (Å²) in [5, 5.41) is 13.6. The molecule has 1 saturated heterocycles. The van der Waals surface area contributed by atoms with Crippen LogP contribution in [0.3, 0.4) is 0 Å². The molecule has 1 N–H and O–H groups in total. The number of halogens is 1. The van der Waals surface area contributed by atoms with E-state index in [4.69, 9.17) is 16.3 Å². The maximum absolute atomic E-state index is 11.9. The van der Waals surface area contributed by atoms with Crippen molar-refractivity contribution in [3.05, 3.63) is 32.8 Å². The fourth-order valence-corrected chi connectivity index (χ4v) is 2.60. The lowest BCUT2D eigenvalue weighted by Crippen LogP contribution is -2.16. The first-order valence-corrected chi connectivity index (χ1v) is 7.21. The number of hydrogen-bond donors (Lipinski definition) is 1. The van der Waals surface area contributed by atoms with Crippen LogP contribution < -0.4 is 5.32 Å². The summed E-state index contributed by atoms with van der Waals surface area (Å²) in [6, 6.07) is 2.77. The summed E-state index contributed by atoms with van der Waals surface area (Å²) in [4.78, 5) is 22.2. The minimum absolute atomic E-state index is 0.0647. The minimum Gasteiger partial charge on any atom is -0.378 e. The number of aryl methyl sites for hydroxylation is 1. The van der Waals surface area contributed by atoms with E-state index in [9.17, 15) is 14.9 Å². The number of hydrogen-bond acceptors (Lipinski definition) is 4. The fraction of sp³-hybridized carbons (Fsp3) is 0.500. The summed E-state index contributed by atoms with van der Waals surface area (Å²) in [6.07, 6.45) is 3.17. The summed E-state index contributed by atoms with van der Waals surface area (Å²) >= 11 is 5.81. The van der Waals surface area contributed by atoms with Gasteiger partial charge in [0, 0.05) is 19.1 Å².